The summed E-state index contributed by atoms with van der Waals surface area (Å²) in [6.45, 7) is 3.16. The van der Waals surface area contributed by atoms with E-state index in [0.717, 1.165) is 20.8 Å². The Balaban J connectivity index is 2.33. The van der Waals surface area contributed by atoms with Crippen LogP contribution < -0.4 is 34.1 Å². The van der Waals surface area contributed by atoms with Crippen LogP contribution in [0.1, 0.15) is 67.7 Å². The Morgan fingerprint density at radius 2 is 0.928 bits per heavy atom. The molecule has 2 aromatic heterocycles. The minimum Gasteiger partial charge on any atom is -0.464 e. The number of aliphatic hydroxyl groups is 2. The molecule has 2 aromatic rings. The Kier molecular flexibility index (Phi) is 21.9. The van der Waals surface area contributed by atoms with Gasteiger partial charge >= 0.3 is 58.0 Å². The first kappa shape index (κ1) is 59.6. The first-order valence-corrected chi connectivity index (χ1v) is 21.0. The summed E-state index contributed by atoms with van der Waals surface area (Å²) >= 11 is 0. The van der Waals surface area contributed by atoms with E-state index in [9.17, 15) is 88.5 Å². The zero-order valence-corrected chi connectivity index (χ0v) is 38.6. The van der Waals surface area contributed by atoms with E-state index in [-0.39, 0.29) is 26.9 Å². The molecule has 394 valence electrons. The van der Waals surface area contributed by atoms with Crippen LogP contribution in [0.5, 0.6) is 0 Å². The van der Waals surface area contributed by atoms with Crippen LogP contribution in [0.25, 0.3) is 0 Å². The van der Waals surface area contributed by atoms with Crippen molar-refractivity contribution in [3.05, 3.63) is 62.9 Å². The lowest BCUT2D eigenvalue weighted by Crippen LogP contribution is -2.55. The number of hydrogen-bond donors (Lipinski definition) is 2. The first-order valence-electron chi connectivity index (χ1n) is 21.0. The van der Waals surface area contributed by atoms with Gasteiger partial charge in [0.1, 0.15) is 13.2 Å². The highest BCUT2D eigenvalue weighted by molar-refractivity contribution is 5.70. The van der Waals surface area contributed by atoms with Crippen molar-refractivity contribution >= 4 is 17.9 Å². The number of nitrogens with zero attached hydrogens (tertiary/aromatic N) is 6. The van der Waals surface area contributed by atoms with E-state index in [4.69, 9.17) is 14.2 Å². The molecule has 22 nitrogen and oxygen atoms in total. The molecule has 0 aliphatic heterocycles. The predicted molar refractivity (Wildman–Crippen MR) is 220 cm³/mol. The van der Waals surface area contributed by atoms with Crippen LogP contribution in [-0.4, -0.2) is 143 Å². The van der Waals surface area contributed by atoms with Crippen LogP contribution >= 0.6 is 0 Å². The molecular formula is C39H56F8N6O16. The van der Waals surface area contributed by atoms with Gasteiger partial charge < -0.3 is 33.9 Å². The fourth-order valence-corrected chi connectivity index (χ4v) is 5.77. The number of alkyl halides is 8. The van der Waals surface area contributed by atoms with Gasteiger partial charge in [0.25, 0.3) is 6.36 Å². The smallest absolute Gasteiger partial charge is 0.336 e. The fourth-order valence-electron chi connectivity index (χ4n) is 5.77. The Morgan fingerprint density at radius 1 is 0.536 bits per heavy atom. The summed E-state index contributed by atoms with van der Waals surface area (Å²) in [6.07, 6.45) is -28.6. The highest BCUT2D eigenvalue weighted by Crippen LogP contribution is 2.37. The number of rotatable bonds is 27. The standard InChI is InChI=1S/C39H56F8N6O16/c1-21(55)20-66-23(57)9-12-49-31(59)48(11-8-22(56)65-18-15-52-34(62)51(14-17-54)35(63)53(36(52)64)16-19-67-37(2,3)4)32(60)50(33(49)61)13-10-24(58)68-30(45)28(43)39(46,47)27(42)25(40)26(41)29(44)69-38(5,6)7/h21,25-30,54-55H,8-20H2,1-7H3. The molecule has 0 radical (unpaired) electrons. The topological polar surface area (TPSA) is 270 Å². The molecule has 0 aliphatic carbocycles. The molecule has 0 spiro atoms. The number of hydrogen-bond acceptors (Lipinski definition) is 16. The molecular weight excluding hydrogens is 960 g/mol. The second-order valence-corrected chi connectivity index (χ2v) is 17.1. The first-order chi connectivity index (χ1) is 31.8. The van der Waals surface area contributed by atoms with Crippen molar-refractivity contribution in [1.29, 1.82) is 0 Å². The second-order valence-electron chi connectivity index (χ2n) is 17.1. The van der Waals surface area contributed by atoms with Gasteiger partial charge in [-0.2, -0.15) is 13.2 Å². The number of carbonyl (C=O) groups is 3. The van der Waals surface area contributed by atoms with Crippen molar-refractivity contribution in [3.8, 4) is 0 Å². The highest BCUT2D eigenvalue weighted by Gasteiger charge is 2.59. The monoisotopic (exact) mass is 1020 g/mol. The third-order valence-electron chi connectivity index (χ3n) is 9.14. The molecule has 0 amide bonds. The Bertz CT molecular complexity index is 2440. The number of halogens is 8. The Hall–Kier alpha value is -5.49. The summed E-state index contributed by atoms with van der Waals surface area (Å²) < 4.78 is 141. The lowest BCUT2D eigenvalue weighted by molar-refractivity contribution is -0.223. The third kappa shape index (κ3) is 17.2. The van der Waals surface area contributed by atoms with Gasteiger partial charge in [0.15, 0.2) is 12.3 Å². The minimum atomic E-state index is -5.81. The van der Waals surface area contributed by atoms with Gasteiger partial charge in [-0.3, -0.25) is 14.4 Å². The van der Waals surface area contributed by atoms with Crippen LogP contribution in [0.2, 0.25) is 0 Å². The summed E-state index contributed by atoms with van der Waals surface area (Å²) in [5.41, 5.74) is -10.2. The molecule has 2 rings (SSSR count). The number of aliphatic hydroxyl groups excluding tert-OH is 2. The second kappa shape index (κ2) is 25.4. The fraction of sp³-hybridized carbons (Fsp3) is 0.769. The van der Waals surface area contributed by atoms with Gasteiger partial charge in [0.05, 0.1) is 69.4 Å². The molecule has 0 aromatic carbocycles. The van der Waals surface area contributed by atoms with E-state index >= 15 is 0 Å². The highest BCUT2D eigenvalue weighted by atomic mass is 19.3. The summed E-state index contributed by atoms with van der Waals surface area (Å²) in [4.78, 5) is 117. The third-order valence-corrected chi connectivity index (χ3v) is 9.14. The molecule has 7 unspecified atom stereocenters. The molecule has 2 heterocycles. The van der Waals surface area contributed by atoms with E-state index in [1.165, 1.54) is 6.92 Å². The van der Waals surface area contributed by atoms with Crippen molar-refractivity contribution in [2.75, 3.05) is 26.4 Å². The molecule has 0 saturated heterocycles. The van der Waals surface area contributed by atoms with Gasteiger partial charge in [-0.15, -0.1) is 0 Å². The van der Waals surface area contributed by atoms with Crippen molar-refractivity contribution in [3.63, 3.8) is 0 Å². The molecule has 30 heteroatoms. The summed E-state index contributed by atoms with van der Waals surface area (Å²) in [5.74, 6) is -10.1. The van der Waals surface area contributed by atoms with E-state index in [1.807, 2.05) is 0 Å². The molecule has 0 aliphatic rings. The van der Waals surface area contributed by atoms with Crippen LogP contribution in [-0.2, 0) is 77.3 Å². The lowest BCUT2D eigenvalue weighted by atomic mass is 10.0. The maximum atomic E-state index is 14.5. The maximum Gasteiger partial charge on any atom is 0.336 e. The average molecular weight is 1020 g/mol. The SMILES string of the molecule is CC(O)COC(=O)CCn1c(=O)n(CCC(=O)OCCn2c(=O)n(CCO)c(=O)n(CCOC(C)(C)C)c2=O)c(=O)n(CCC(=O)OC(F)C(F)C(F)(F)C(F)C(F)C(F)C(F)OC(C)(C)C)c1=O. The maximum absolute atomic E-state index is 14.5. The number of ether oxygens (including phenoxy) is 5. The van der Waals surface area contributed by atoms with Gasteiger partial charge in [0, 0.05) is 19.6 Å². The zero-order valence-electron chi connectivity index (χ0n) is 38.6. The van der Waals surface area contributed by atoms with Crippen LogP contribution in [0.15, 0.2) is 28.8 Å². The predicted octanol–water partition coefficient (Wildman–Crippen LogP) is -0.261. The number of carbonyl (C=O) groups excluding carboxylic acids is 3. The largest absolute Gasteiger partial charge is 0.464 e. The van der Waals surface area contributed by atoms with E-state index in [2.05, 4.69) is 9.47 Å². The molecule has 69 heavy (non-hydrogen) atoms. The van der Waals surface area contributed by atoms with E-state index < -0.39 is 184 Å². The summed E-state index contributed by atoms with van der Waals surface area (Å²) in [6, 6.07) is 0. The normalized spacial score (nSPS) is 15.4. The summed E-state index contributed by atoms with van der Waals surface area (Å²) in [7, 11) is 0. The average Bonchev–Trinajstić information content (AvgIpc) is 3.24. The van der Waals surface area contributed by atoms with Crippen LogP contribution in [0.3, 0.4) is 0 Å². The number of aromatic nitrogens is 6. The Morgan fingerprint density at radius 3 is 1.33 bits per heavy atom. The number of esters is 3. The van der Waals surface area contributed by atoms with Gasteiger partial charge in [-0.05, 0) is 48.5 Å². The van der Waals surface area contributed by atoms with Gasteiger partial charge in [-0.1, -0.05) is 0 Å². The zero-order chi connectivity index (χ0) is 52.9. The van der Waals surface area contributed by atoms with Crippen molar-refractivity contribution in [1.82, 2.24) is 27.4 Å². The Labute approximate surface area is 385 Å². The van der Waals surface area contributed by atoms with Crippen LogP contribution in [0.4, 0.5) is 35.1 Å². The lowest BCUT2D eigenvalue weighted by Gasteiger charge is -2.30. The molecule has 0 fully saturated rings. The van der Waals surface area contributed by atoms with E-state index in [1.54, 1.807) is 20.8 Å². The molecule has 0 bridgehead atoms. The summed E-state index contributed by atoms with van der Waals surface area (Å²) in [5, 5.41) is 18.8. The van der Waals surface area contributed by atoms with Crippen molar-refractivity contribution in [2.45, 2.75) is 168 Å². The molecule has 7 atom stereocenters. The van der Waals surface area contributed by atoms with Gasteiger partial charge in [-0.25, -0.2) is 78.1 Å². The quantitative estimate of drug-likeness (QED) is 0.0663. The van der Waals surface area contributed by atoms with Gasteiger partial charge in [0.2, 0.25) is 18.7 Å². The van der Waals surface area contributed by atoms with Crippen molar-refractivity contribution in [2.24, 2.45) is 0 Å². The minimum absolute atomic E-state index is 0.0783. The van der Waals surface area contributed by atoms with Crippen molar-refractivity contribution < 1.29 is 83.4 Å². The van der Waals surface area contributed by atoms with E-state index in [0.29, 0.717) is 13.7 Å². The molecule has 2 N–H and O–H groups in total. The van der Waals surface area contributed by atoms with Crippen LogP contribution in [0, 0.1) is 0 Å². The molecule has 0 saturated carbocycles.